The van der Waals surface area contributed by atoms with Gasteiger partial charge in [-0.15, -0.1) is 0 Å². The van der Waals surface area contributed by atoms with Gasteiger partial charge in [-0.2, -0.15) is 0 Å². The monoisotopic (exact) mass is 273 g/mol. The third kappa shape index (κ3) is 3.60. The zero-order chi connectivity index (χ0) is 13.8. The highest BCUT2D eigenvalue weighted by Gasteiger charge is 2.29. The number of ketones is 1. The molecule has 2 heterocycles. The molecule has 2 aliphatic rings. The van der Waals surface area contributed by atoms with Gasteiger partial charge in [-0.05, 0) is 61.9 Å². The molecule has 0 aromatic carbocycles. The maximum Gasteiger partial charge on any atom is 0.157 e. The zero-order valence-electron chi connectivity index (χ0n) is 12.0. The summed E-state index contributed by atoms with van der Waals surface area (Å²) >= 11 is 0. The van der Waals surface area contributed by atoms with Gasteiger partial charge in [0.05, 0.1) is 6.26 Å². The van der Waals surface area contributed by atoms with Gasteiger partial charge < -0.3 is 9.32 Å². The quantitative estimate of drug-likeness (QED) is 0.771. The molecule has 2 atom stereocenters. The van der Waals surface area contributed by atoms with Crippen LogP contribution in [-0.2, 0) is 4.79 Å². The third-order valence-corrected chi connectivity index (χ3v) is 4.67. The van der Waals surface area contributed by atoms with Crippen LogP contribution in [0.1, 0.15) is 37.9 Å². The Labute approximate surface area is 120 Å². The van der Waals surface area contributed by atoms with E-state index in [4.69, 9.17) is 4.42 Å². The van der Waals surface area contributed by atoms with E-state index in [-0.39, 0.29) is 5.78 Å². The molecule has 1 aromatic heterocycles. The second-order valence-electron chi connectivity index (χ2n) is 6.20. The highest BCUT2D eigenvalue weighted by molar-refractivity contribution is 5.93. The molecule has 0 N–H and O–H groups in total. The maximum atomic E-state index is 11.9. The van der Waals surface area contributed by atoms with Crippen molar-refractivity contribution in [1.29, 1.82) is 0 Å². The van der Waals surface area contributed by atoms with Gasteiger partial charge in [0, 0.05) is 19.5 Å². The zero-order valence-corrected chi connectivity index (χ0v) is 12.0. The van der Waals surface area contributed by atoms with Crippen molar-refractivity contribution in [2.45, 2.75) is 32.1 Å². The Balaban J connectivity index is 1.43. The average molecular weight is 273 g/mol. The van der Waals surface area contributed by atoms with E-state index in [1.807, 2.05) is 12.1 Å². The van der Waals surface area contributed by atoms with Gasteiger partial charge in [0.2, 0.25) is 0 Å². The third-order valence-electron chi connectivity index (χ3n) is 4.67. The predicted molar refractivity (Wildman–Crippen MR) is 79.3 cm³/mol. The summed E-state index contributed by atoms with van der Waals surface area (Å²) in [5.41, 5.74) is 0. The number of carbonyl (C=O) groups excluding carboxylic acids is 1. The Kier molecular flexibility index (Phi) is 4.36. The minimum Gasteiger partial charge on any atom is -0.465 e. The fourth-order valence-corrected chi connectivity index (χ4v) is 3.54. The summed E-state index contributed by atoms with van der Waals surface area (Å²) in [7, 11) is 0. The van der Waals surface area contributed by atoms with Crippen LogP contribution < -0.4 is 0 Å². The summed E-state index contributed by atoms with van der Waals surface area (Å²) < 4.78 is 5.18. The maximum absolute atomic E-state index is 11.9. The van der Waals surface area contributed by atoms with Gasteiger partial charge in [-0.3, -0.25) is 4.79 Å². The molecule has 3 nitrogen and oxygen atoms in total. The van der Waals surface area contributed by atoms with Crippen molar-refractivity contribution in [1.82, 2.24) is 4.90 Å². The van der Waals surface area contributed by atoms with E-state index in [2.05, 4.69) is 4.90 Å². The molecule has 1 aliphatic carbocycles. The number of rotatable bonds is 5. The molecule has 0 spiro atoms. The lowest BCUT2D eigenvalue weighted by atomic mass is 10.0. The Morgan fingerprint density at radius 3 is 3.10 bits per heavy atom. The number of hydrogen-bond acceptors (Lipinski definition) is 3. The van der Waals surface area contributed by atoms with Crippen molar-refractivity contribution in [3.05, 3.63) is 30.2 Å². The molecule has 1 aliphatic heterocycles. The minimum absolute atomic E-state index is 0.191. The van der Waals surface area contributed by atoms with Crippen LogP contribution in [0.3, 0.4) is 0 Å². The molecule has 0 amide bonds. The second-order valence-corrected chi connectivity index (χ2v) is 6.20. The average Bonchev–Trinajstić information content (AvgIpc) is 3.05. The van der Waals surface area contributed by atoms with Crippen LogP contribution in [0.25, 0.3) is 6.08 Å². The second kappa shape index (κ2) is 6.40. The summed E-state index contributed by atoms with van der Waals surface area (Å²) in [6.45, 7) is 3.28. The van der Waals surface area contributed by atoms with Crippen LogP contribution in [-0.4, -0.2) is 30.3 Å². The Morgan fingerprint density at radius 1 is 1.35 bits per heavy atom. The number of fused-ring (bicyclic) bond motifs is 2. The number of furan rings is 1. The molecule has 108 valence electrons. The molecule has 0 radical (unpaired) electrons. The Morgan fingerprint density at radius 2 is 2.25 bits per heavy atom. The highest BCUT2D eigenvalue weighted by Crippen LogP contribution is 2.36. The molecule has 3 rings (SSSR count). The van der Waals surface area contributed by atoms with Gasteiger partial charge in [0.25, 0.3) is 0 Å². The number of allylic oxidation sites excluding steroid dienone is 1. The van der Waals surface area contributed by atoms with Crippen molar-refractivity contribution in [3.63, 3.8) is 0 Å². The van der Waals surface area contributed by atoms with Crippen molar-refractivity contribution >= 4 is 11.9 Å². The van der Waals surface area contributed by atoms with E-state index in [0.29, 0.717) is 6.42 Å². The molecule has 3 heteroatoms. The first-order valence-electron chi connectivity index (χ1n) is 7.76. The van der Waals surface area contributed by atoms with Crippen LogP contribution in [0.2, 0.25) is 0 Å². The van der Waals surface area contributed by atoms with E-state index >= 15 is 0 Å². The van der Waals surface area contributed by atoms with Gasteiger partial charge in [0.1, 0.15) is 5.76 Å². The standard InChI is InChI=1S/C17H23NO2/c19-16(5-6-17-2-1-11-20-17)8-10-18-9-7-14-3-4-15(12-14)13-18/h1-2,5-6,11,14-15H,3-4,7-10,12-13H2. The summed E-state index contributed by atoms with van der Waals surface area (Å²) in [6.07, 6.45) is 11.2. The number of nitrogens with zero attached hydrogens (tertiary/aromatic N) is 1. The first-order valence-corrected chi connectivity index (χ1v) is 7.76. The summed E-state index contributed by atoms with van der Waals surface area (Å²) in [5, 5.41) is 0. The summed E-state index contributed by atoms with van der Waals surface area (Å²) in [6, 6.07) is 3.69. The Hall–Kier alpha value is -1.35. The molecule has 2 bridgehead atoms. The molecular formula is C17H23NO2. The fraction of sp³-hybridized carbons (Fsp3) is 0.588. The first-order chi connectivity index (χ1) is 9.79. The topological polar surface area (TPSA) is 33.5 Å². The SMILES string of the molecule is O=C(C=Cc1ccco1)CCN1CCC2CCC(C2)C1. The Bertz CT molecular complexity index is 463. The largest absolute Gasteiger partial charge is 0.465 e. The molecule has 1 aromatic rings. The molecule has 2 fully saturated rings. The van der Waals surface area contributed by atoms with Crippen LogP contribution >= 0.6 is 0 Å². The smallest absolute Gasteiger partial charge is 0.157 e. The molecule has 1 saturated carbocycles. The van der Waals surface area contributed by atoms with Crippen molar-refractivity contribution in [2.75, 3.05) is 19.6 Å². The van der Waals surface area contributed by atoms with E-state index < -0.39 is 0 Å². The lowest BCUT2D eigenvalue weighted by molar-refractivity contribution is -0.114. The lowest BCUT2D eigenvalue weighted by Gasteiger charge is -2.23. The van der Waals surface area contributed by atoms with Gasteiger partial charge in [-0.1, -0.05) is 6.42 Å². The molecule has 1 saturated heterocycles. The van der Waals surface area contributed by atoms with Gasteiger partial charge >= 0.3 is 0 Å². The van der Waals surface area contributed by atoms with Crippen LogP contribution in [0.4, 0.5) is 0 Å². The fourth-order valence-electron chi connectivity index (χ4n) is 3.54. The predicted octanol–water partition coefficient (Wildman–Crippen LogP) is 3.37. The van der Waals surface area contributed by atoms with Crippen molar-refractivity contribution in [2.24, 2.45) is 11.8 Å². The van der Waals surface area contributed by atoms with Gasteiger partial charge in [0.15, 0.2) is 5.78 Å². The van der Waals surface area contributed by atoms with Gasteiger partial charge in [-0.25, -0.2) is 0 Å². The van der Waals surface area contributed by atoms with E-state index in [9.17, 15) is 4.79 Å². The minimum atomic E-state index is 0.191. The first kappa shape index (κ1) is 13.6. The number of hydrogen-bond donors (Lipinski definition) is 0. The van der Waals surface area contributed by atoms with E-state index in [1.54, 1.807) is 18.4 Å². The molecular weight excluding hydrogens is 250 g/mol. The number of likely N-dealkylation sites (tertiary alicyclic amines) is 1. The van der Waals surface area contributed by atoms with Crippen molar-refractivity contribution < 1.29 is 9.21 Å². The highest BCUT2D eigenvalue weighted by atomic mass is 16.3. The lowest BCUT2D eigenvalue weighted by Crippen LogP contribution is -2.31. The molecule has 2 unspecified atom stereocenters. The van der Waals surface area contributed by atoms with Crippen LogP contribution in [0, 0.1) is 11.8 Å². The molecule has 20 heavy (non-hydrogen) atoms. The van der Waals surface area contributed by atoms with Crippen LogP contribution in [0.5, 0.6) is 0 Å². The number of carbonyl (C=O) groups is 1. The van der Waals surface area contributed by atoms with E-state index in [0.717, 1.165) is 24.1 Å². The van der Waals surface area contributed by atoms with E-state index in [1.165, 1.54) is 38.8 Å². The van der Waals surface area contributed by atoms with Crippen LogP contribution in [0.15, 0.2) is 28.9 Å². The summed E-state index contributed by atoms with van der Waals surface area (Å²) in [4.78, 5) is 14.4. The summed E-state index contributed by atoms with van der Waals surface area (Å²) in [5.74, 6) is 2.78. The normalized spacial score (nSPS) is 27.0. The van der Waals surface area contributed by atoms with Crippen molar-refractivity contribution in [3.8, 4) is 0 Å².